The molecule has 3 rings (SSSR count). The van der Waals surface area contributed by atoms with Gasteiger partial charge in [-0.3, -0.25) is 14.6 Å². The summed E-state index contributed by atoms with van der Waals surface area (Å²) >= 11 is 0. The molecule has 0 fully saturated rings. The molecule has 27 heavy (non-hydrogen) atoms. The van der Waals surface area contributed by atoms with Crippen molar-refractivity contribution in [2.75, 3.05) is 7.05 Å². The van der Waals surface area contributed by atoms with E-state index in [0.717, 1.165) is 0 Å². The van der Waals surface area contributed by atoms with E-state index in [0.29, 0.717) is 16.9 Å². The van der Waals surface area contributed by atoms with Gasteiger partial charge in [0.25, 0.3) is 5.91 Å². The van der Waals surface area contributed by atoms with Gasteiger partial charge in [0.1, 0.15) is 17.6 Å². The van der Waals surface area contributed by atoms with E-state index in [-0.39, 0.29) is 17.5 Å². The minimum Gasteiger partial charge on any atom is -0.438 e. The minimum absolute atomic E-state index is 0.256. The average Bonchev–Trinajstić information content (AvgIpc) is 3.09. The number of benzene rings is 1. The third kappa shape index (κ3) is 4.88. The van der Waals surface area contributed by atoms with Gasteiger partial charge in [-0.1, -0.05) is 12.1 Å². The van der Waals surface area contributed by atoms with Crippen LogP contribution in [0.2, 0.25) is 0 Å². The number of hydroxylamine groups is 1. The van der Waals surface area contributed by atoms with Gasteiger partial charge in [-0.05, 0) is 23.8 Å². The highest BCUT2D eigenvalue weighted by atomic mass is 19.4. The van der Waals surface area contributed by atoms with Crippen LogP contribution in [0.4, 0.5) is 13.2 Å². The number of pyridine rings is 1. The lowest BCUT2D eigenvalue weighted by molar-refractivity contribution is -0.274. The zero-order chi connectivity index (χ0) is 19.4. The molecular weight excluding hydrogens is 367 g/mol. The van der Waals surface area contributed by atoms with Crippen molar-refractivity contribution >= 4 is 5.91 Å². The van der Waals surface area contributed by atoms with Gasteiger partial charge in [0, 0.05) is 19.3 Å². The van der Waals surface area contributed by atoms with E-state index < -0.39 is 12.5 Å². The van der Waals surface area contributed by atoms with Crippen LogP contribution in [0, 0.1) is 0 Å². The fraction of sp³-hybridized carbons (Fsp3) is 0.176. The largest absolute Gasteiger partial charge is 0.573 e. The summed E-state index contributed by atoms with van der Waals surface area (Å²) in [4.78, 5) is 20.9. The summed E-state index contributed by atoms with van der Waals surface area (Å²) in [6, 6.07) is 6.78. The van der Waals surface area contributed by atoms with Crippen LogP contribution in [-0.2, 0) is 4.84 Å². The number of nitrogens with zero attached hydrogens (tertiary/aromatic N) is 1. The van der Waals surface area contributed by atoms with E-state index in [1.54, 1.807) is 6.08 Å². The summed E-state index contributed by atoms with van der Waals surface area (Å²) < 4.78 is 46.0. The van der Waals surface area contributed by atoms with Crippen LogP contribution in [-0.4, -0.2) is 24.3 Å². The third-order valence-corrected chi connectivity index (χ3v) is 3.46. The second-order valence-electron chi connectivity index (χ2n) is 5.38. The highest BCUT2D eigenvalue weighted by molar-refractivity contribution is 5.93. The molecule has 0 saturated carbocycles. The Balaban J connectivity index is 1.67. The molecule has 1 amide bonds. The second-order valence-corrected chi connectivity index (χ2v) is 5.38. The monoisotopic (exact) mass is 381 g/mol. The number of carbonyl (C=O) groups is 1. The fourth-order valence-corrected chi connectivity index (χ4v) is 2.28. The maximum absolute atomic E-state index is 12.2. The van der Waals surface area contributed by atoms with Crippen LogP contribution < -0.4 is 20.3 Å². The highest BCUT2D eigenvalue weighted by Crippen LogP contribution is 2.29. The fourth-order valence-electron chi connectivity index (χ4n) is 2.28. The van der Waals surface area contributed by atoms with E-state index in [1.165, 1.54) is 49.8 Å². The standard InChI is InChI=1S/C17H14F3N3O4/c1-21-16(24)11-6-13(9-22-8-11)25-15-7-14(27-23-15)10-2-4-12(5-3-10)26-17(18,19)20/h2-9,14,23H,1H3,(H,21,24). The van der Waals surface area contributed by atoms with Crippen molar-refractivity contribution in [3.8, 4) is 11.5 Å². The highest BCUT2D eigenvalue weighted by Gasteiger charge is 2.31. The molecule has 1 aliphatic rings. The summed E-state index contributed by atoms with van der Waals surface area (Å²) in [5.74, 6) is -0.0640. The van der Waals surface area contributed by atoms with Gasteiger partial charge in [0.15, 0.2) is 0 Å². The Morgan fingerprint density at radius 1 is 1.22 bits per heavy atom. The molecule has 1 atom stereocenters. The predicted octanol–water partition coefficient (Wildman–Crippen LogP) is 2.84. The summed E-state index contributed by atoms with van der Waals surface area (Å²) in [7, 11) is 1.50. The Morgan fingerprint density at radius 2 is 1.96 bits per heavy atom. The number of carbonyl (C=O) groups excluding carboxylic acids is 1. The zero-order valence-electron chi connectivity index (χ0n) is 13.9. The quantitative estimate of drug-likeness (QED) is 0.829. The summed E-state index contributed by atoms with van der Waals surface area (Å²) in [6.45, 7) is 0. The molecule has 1 unspecified atom stereocenters. The number of alkyl halides is 3. The molecule has 0 radical (unpaired) electrons. The molecule has 1 aromatic heterocycles. The average molecular weight is 381 g/mol. The first-order valence-corrected chi connectivity index (χ1v) is 7.68. The van der Waals surface area contributed by atoms with Crippen LogP contribution >= 0.6 is 0 Å². The number of aromatic nitrogens is 1. The van der Waals surface area contributed by atoms with Gasteiger partial charge in [-0.2, -0.15) is 0 Å². The number of rotatable bonds is 5. The van der Waals surface area contributed by atoms with E-state index in [1.807, 2.05) is 0 Å². The molecule has 2 N–H and O–H groups in total. The molecule has 1 aromatic carbocycles. The normalized spacial score (nSPS) is 16.3. The molecule has 0 aliphatic carbocycles. The van der Waals surface area contributed by atoms with E-state index >= 15 is 0 Å². The Kier molecular flexibility index (Phi) is 5.17. The lowest BCUT2D eigenvalue weighted by atomic mass is 10.1. The van der Waals surface area contributed by atoms with Crippen molar-refractivity contribution in [1.29, 1.82) is 0 Å². The van der Waals surface area contributed by atoms with Crippen molar-refractivity contribution in [2.24, 2.45) is 0 Å². The number of hydrogen-bond acceptors (Lipinski definition) is 6. The minimum atomic E-state index is -4.74. The van der Waals surface area contributed by atoms with Gasteiger partial charge in [0.05, 0.1) is 11.8 Å². The molecule has 142 valence electrons. The number of nitrogens with one attached hydrogen (secondary N) is 2. The third-order valence-electron chi connectivity index (χ3n) is 3.46. The van der Waals surface area contributed by atoms with E-state index in [2.05, 4.69) is 20.5 Å². The van der Waals surface area contributed by atoms with Crippen LogP contribution in [0.25, 0.3) is 0 Å². The molecule has 1 aliphatic heterocycles. The van der Waals surface area contributed by atoms with E-state index in [4.69, 9.17) is 9.57 Å². The Hall–Kier alpha value is -3.27. The van der Waals surface area contributed by atoms with Crippen LogP contribution in [0.5, 0.6) is 11.5 Å². The Morgan fingerprint density at radius 3 is 2.63 bits per heavy atom. The van der Waals surface area contributed by atoms with E-state index in [9.17, 15) is 18.0 Å². The maximum atomic E-state index is 12.2. The molecule has 0 saturated heterocycles. The number of halogens is 3. The van der Waals surface area contributed by atoms with Gasteiger partial charge < -0.3 is 14.8 Å². The number of ether oxygens (including phenoxy) is 2. The smallest absolute Gasteiger partial charge is 0.438 e. The second kappa shape index (κ2) is 7.54. The first-order chi connectivity index (χ1) is 12.8. The first kappa shape index (κ1) is 18.5. The van der Waals surface area contributed by atoms with Crippen LogP contribution in [0.3, 0.4) is 0 Å². The maximum Gasteiger partial charge on any atom is 0.573 e. The molecule has 2 aromatic rings. The SMILES string of the molecule is CNC(=O)c1cncc(OC2=CC(c3ccc(OC(F)(F)F)cc3)ON2)c1. The summed E-state index contributed by atoms with van der Waals surface area (Å²) in [6.07, 6.45) is -0.912. The van der Waals surface area contributed by atoms with Crippen molar-refractivity contribution in [3.63, 3.8) is 0 Å². The van der Waals surface area contributed by atoms with Gasteiger partial charge in [0.2, 0.25) is 5.88 Å². The van der Waals surface area contributed by atoms with Gasteiger partial charge in [-0.25, -0.2) is 5.48 Å². The van der Waals surface area contributed by atoms with Gasteiger partial charge in [-0.15, -0.1) is 13.2 Å². The predicted molar refractivity (Wildman–Crippen MR) is 86.4 cm³/mol. The summed E-state index contributed by atoms with van der Waals surface area (Å²) in [5.41, 5.74) is 3.48. The molecule has 0 spiro atoms. The Labute approximate surface area is 151 Å². The Bertz CT molecular complexity index is 853. The van der Waals surface area contributed by atoms with Crippen LogP contribution in [0.15, 0.2) is 54.7 Å². The van der Waals surface area contributed by atoms with Crippen molar-refractivity contribution in [3.05, 3.63) is 65.8 Å². The molecule has 0 bridgehead atoms. The summed E-state index contributed by atoms with van der Waals surface area (Å²) in [5, 5.41) is 2.48. The van der Waals surface area contributed by atoms with Crippen LogP contribution in [0.1, 0.15) is 22.0 Å². The topological polar surface area (TPSA) is 81.7 Å². The molecular formula is C17H14F3N3O4. The molecule has 10 heteroatoms. The first-order valence-electron chi connectivity index (χ1n) is 7.68. The molecule has 2 heterocycles. The van der Waals surface area contributed by atoms with Crippen molar-refractivity contribution < 1.29 is 32.3 Å². The lowest BCUT2D eigenvalue weighted by Gasteiger charge is -2.11. The number of hydrogen-bond donors (Lipinski definition) is 2. The number of amides is 1. The van der Waals surface area contributed by atoms with Gasteiger partial charge >= 0.3 is 6.36 Å². The molecule has 7 nitrogen and oxygen atoms in total. The lowest BCUT2D eigenvalue weighted by Crippen LogP contribution is -2.18. The van der Waals surface area contributed by atoms with Crippen molar-refractivity contribution in [1.82, 2.24) is 15.8 Å². The van der Waals surface area contributed by atoms with Crippen molar-refractivity contribution in [2.45, 2.75) is 12.5 Å². The zero-order valence-corrected chi connectivity index (χ0v) is 13.9.